The first-order valence-electron chi connectivity index (χ1n) is 9.76. The third kappa shape index (κ3) is 3.09. The molecule has 2 atom stereocenters. The summed E-state index contributed by atoms with van der Waals surface area (Å²) in [5.74, 6) is 0.972. The van der Waals surface area contributed by atoms with Gasteiger partial charge in [0.2, 0.25) is 0 Å². The SMILES string of the molecule is COc1cc(C2=C([Si](C)(C)C)C[C@@]3(C)C[C@@H](O)CC3=C2C)cc(C)c1C. The molecule has 0 aliphatic heterocycles. The molecule has 3 rings (SSSR count). The number of hydrogen-bond acceptors (Lipinski definition) is 2. The van der Waals surface area contributed by atoms with Crippen molar-refractivity contribution < 1.29 is 9.84 Å². The fourth-order valence-corrected chi connectivity index (χ4v) is 7.05. The second-order valence-corrected chi connectivity index (χ2v) is 14.7. The Morgan fingerprint density at radius 3 is 2.38 bits per heavy atom. The molecule has 0 spiro atoms. The summed E-state index contributed by atoms with van der Waals surface area (Å²) >= 11 is 0. The van der Waals surface area contributed by atoms with E-state index in [-0.39, 0.29) is 11.5 Å². The molecule has 0 saturated heterocycles. The molecule has 0 aromatic heterocycles. The molecule has 3 heteroatoms. The normalized spacial score (nSPS) is 26.4. The molecule has 26 heavy (non-hydrogen) atoms. The minimum atomic E-state index is -1.51. The van der Waals surface area contributed by atoms with Gasteiger partial charge in [0, 0.05) is 0 Å². The molecule has 2 aliphatic rings. The van der Waals surface area contributed by atoms with Gasteiger partial charge in [0.15, 0.2) is 0 Å². The molecule has 2 nitrogen and oxygen atoms in total. The standard InChI is InChI=1S/C23H34O2Si/c1-14-9-17(10-20(25-5)15(14)2)22-16(3)19-11-18(24)12-23(19,4)13-21(22)26(6,7)8/h9-10,18,24H,11-13H2,1-8H3/t18-,23+/m0/s1. The van der Waals surface area contributed by atoms with Crippen molar-refractivity contribution in [1.82, 2.24) is 0 Å². The molecule has 2 aliphatic carbocycles. The topological polar surface area (TPSA) is 29.5 Å². The summed E-state index contributed by atoms with van der Waals surface area (Å²) in [5.41, 5.74) is 8.22. The van der Waals surface area contributed by atoms with Crippen LogP contribution in [0.2, 0.25) is 19.6 Å². The zero-order valence-corrected chi connectivity index (χ0v) is 18.7. The molecule has 1 fully saturated rings. The summed E-state index contributed by atoms with van der Waals surface area (Å²) in [4.78, 5) is 0. The van der Waals surface area contributed by atoms with Crippen LogP contribution in [0.25, 0.3) is 5.57 Å². The lowest BCUT2D eigenvalue weighted by Gasteiger charge is -2.40. The summed E-state index contributed by atoms with van der Waals surface area (Å²) in [6.07, 6.45) is 2.63. The van der Waals surface area contributed by atoms with Gasteiger partial charge in [-0.3, -0.25) is 0 Å². The predicted octanol–water partition coefficient (Wildman–Crippen LogP) is 5.82. The lowest BCUT2D eigenvalue weighted by atomic mass is 9.72. The van der Waals surface area contributed by atoms with Gasteiger partial charge in [-0.25, -0.2) is 0 Å². The molecule has 142 valence electrons. The second-order valence-electron chi connectivity index (χ2n) is 9.63. The number of aliphatic hydroxyl groups excluding tert-OH is 1. The number of aryl methyl sites for hydroxylation is 1. The van der Waals surface area contributed by atoms with Gasteiger partial charge in [0.1, 0.15) is 5.75 Å². The Morgan fingerprint density at radius 2 is 1.81 bits per heavy atom. The molecular formula is C23H34O2Si. The first-order valence-corrected chi connectivity index (χ1v) is 13.3. The largest absolute Gasteiger partial charge is 0.496 e. The highest BCUT2D eigenvalue weighted by Gasteiger charge is 2.45. The van der Waals surface area contributed by atoms with E-state index < -0.39 is 8.07 Å². The van der Waals surface area contributed by atoms with E-state index in [4.69, 9.17) is 4.74 Å². The van der Waals surface area contributed by atoms with Crippen LogP contribution < -0.4 is 4.74 Å². The first kappa shape index (κ1) is 19.4. The Morgan fingerprint density at radius 1 is 1.15 bits per heavy atom. The Kier molecular flexibility index (Phi) is 4.77. The minimum absolute atomic E-state index is 0.131. The van der Waals surface area contributed by atoms with Gasteiger partial charge in [-0.2, -0.15) is 0 Å². The van der Waals surface area contributed by atoms with Crippen LogP contribution in [0.15, 0.2) is 28.5 Å². The third-order valence-electron chi connectivity index (χ3n) is 6.58. The van der Waals surface area contributed by atoms with Gasteiger partial charge in [0.05, 0.1) is 21.3 Å². The maximum atomic E-state index is 10.4. The van der Waals surface area contributed by atoms with Gasteiger partial charge in [-0.15, -0.1) is 0 Å². The van der Waals surface area contributed by atoms with Gasteiger partial charge in [0.25, 0.3) is 0 Å². The van der Waals surface area contributed by atoms with E-state index in [2.05, 4.69) is 59.5 Å². The van der Waals surface area contributed by atoms with Crippen LogP contribution in [0.5, 0.6) is 5.75 Å². The molecular weight excluding hydrogens is 336 g/mol. The Balaban J connectivity index is 2.28. The van der Waals surface area contributed by atoms with Gasteiger partial charge in [-0.1, -0.05) is 43.4 Å². The van der Waals surface area contributed by atoms with E-state index in [1.807, 2.05) is 0 Å². The van der Waals surface area contributed by atoms with Crippen LogP contribution >= 0.6 is 0 Å². The van der Waals surface area contributed by atoms with E-state index >= 15 is 0 Å². The maximum Gasteiger partial charge on any atom is 0.122 e. The smallest absolute Gasteiger partial charge is 0.122 e. The number of benzene rings is 1. The molecule has 1 saturated carbocycles. The molecule has 0 heterocycles. The van der Waals surface area contributed by atoms with Crippen molar-refractivity contribution in [1.29, 1.82) is 0 Å². The molecule has 1 aromatic rings. The van der Waals surface area contributed by atoms with Crippen molar-refractivity contribution >= 4 is 13.6 Å². The monoisotopic (exact) mass is 370 g/mol. The fourth-order valence-electron chi connectivity index (χ4n) is 5.05. The van der Waals surface area contributed by atoms with Crippen molar-refractivity contribution in [2.75, 3.05) is 7.11 Å². The predicted molar refractivity (Wildman–Crippen MR) is 113 cm³/mol. The number of fused-ring (bicyclic) bond motifs is 1. The van der Waals surface area contributed by atoms with Crippen LogP contribution in [-0.4, -0.2) is 26.4 Å². The number of methoxy groups -OCH3 is 1. The molecule has 0 bridgehead atoms. The number of allylic oxidation sites excluding steroid dienone is 3. The van der Waals surface area contributed by atoms with Crippen LogP contribution in [0.1, 0.15) is 49.8 Å². The van der Waals surface area contributed by atoms with Crippen molar-refractivity contribution in [3.63, 3.8) is 0 Å². The van der Waals surface area contributed by atoms with Crippen LogP contribution in [-0.2, 0) is 0 Å². The third-order valence-corrected chi connectivity index (χ3v) is 8.82. The van der Waals surface area contributed by atoms with E-state index in [0.29, 0.717) is 0 Å². The number of ether oxygens (including phenoxy) is 1. The number of aliphatic hydroxyl groups is 1. The van der Waals surface area contributed by atoms with E-state index in [1.54, 1.807) is 12.3 Å². The summed E-state index contributed by atoms with van der Waals surface area (Å²) in [5, 5.41) is 12.0. The summed E-state index contributed by atoms with van der Waals surface area (Å²) < 4.78 is 5.67. The van der Waals surface area contributed by atoms with Crippen molar-refractivity contribution in [2.45, 2.75) is 72.7 Å². The van der Waals surface area contributed by atoms with Crippen molar-refractivity contribution in [2.24, 2.45) is 5.41 Å². The molecule has 0 radical (unpaired) electrons. The quantitative estimate of drug-likeness (QED) is 0.679. The van der Waals surface area contributed by atoms with Gasteiger partial charge >= 0.3 is 0 Å². The molecule has 0 unspecified atom stereocenters. The molecule has 1 aromatic carbocycles. The van der Waals surface area contributed by atoms with Crippen molar-refractivity contribution in [3.8, 4) is 5.75 Å². The van der Waals surface area contributed by atoms with Crippen LogP contribution in [0.4, 0.5) is 0 Å². The van der Waals surface area contributed by atoms with Gasteiger partial charge in [-0.05, 0) is 79.4 Å². The minimum Gasteiger partial charge on any atom is -0.496 e. The lowest BCUT2D eigenvalue weighted by molar-refractivity contribution is 0.164. The first-order chi connectivity index (χ1) is 12.0. The number of hydrogen-bond donors (Lipinski definition) is 1. The highest BCUT2D eigenvalue weighted by Crippen LogP contribution is 2.56. The van der Waals surface area contributed by atoms with Crippen LogP contribution in [0, 0.1) is 19.3 Å². The maximum absolute atomic E-state index is 10.4. The van der Waals surface area contributed by atoms with E-state index in [0.717, 1.165) is 25.0 Å². The van der Waals surface area contributed by atoms with E-state index in [1.165, 1.54) is 33.4 Å². The second kappa shape index (κ2) is 6.38. The highest BCUT2D eigenvalue weighted by molar-refractivity contribution is 6.84. The molecule has 0 amide bonds. The zero-order valence-electron chi connectivity index (χ0n) is 17.7. The fraction of sp³-hybridized carbons (Fsp3) is 0.565. The van der Waals surface area contributed by atoms with E-state index in [9.17, 15) is 5.11 Å². The Bertz CT molecular complexity index is 810. The van der Waals surface area contributed by atoms with Crippen LogP contribution in [0.3, 0.4) is 0 Å². The van der Waals surface area contributed by atoms with Gasteiger partial charge < -0.3 is 9.84 Å². The number of rotatable bonds is 3. The Hall–Kier alpha value is -1.32. The average Bonchev–Trinajstić information content (AvgIpc) is 2.84. The lowest BCUT2D eigenvalue weighted by Crippen LogP contribution is -2.33. The average molecular weight is 371 g/mol. The Labute approximate surface area is 160 Å². The molecule has 1 N–H and O–H groups in total. The van der Waals surface area contributed by atoms with Crippen molar-refractivity contribution in [3.05, 3.63) is 45.2 Å². The summed E-state index contributed by atoms with van der Waals surface area (Å²) in [7, 11) is 0.251. The highest BCUT2D eigenvalue weighted by atomic mass is 28.3. The summed E-state index contributed by atoms with van der Waals surface area (Å²) in [6.45, 7) is 16.3. The zero-order chi connectivity index (χ0) is 19.4. The summed E-state index contributed by atoms with van der Waals surface area (Å²) in [6, 6.07) is 4.54.